The number of benzene rings is 1. The summed E-state index contributed by atoms with van der Waals surface area (Å²) in [4.78, 5) is -0.0893. The second-order valence-electron chi connectivity index (χ2n) is 4.64. The van der Waals surface area contributed by atoms with E-state index in [2.05, 4.69) is 11.8 Å². The largest absolute Gasteiger partial charge is 0.384 e. The molecule has 0 radical (unpaired) electrons. The Balaban J connectivity index is 2.96. The van der Waals surface area contributed by atoms with Gasteiger partial charge in [-0.2, -0.15) is 0 Å². The molecule has 1 aromatic rings. The van der Waals surface area contributed by atoms with Crippen molar-refractivity contribution in [1.29, 1.82) is 0 Å². The molecule has 1 rings (SSSR count). The molecule has 0 fully saturated rings. The maximum Gasteiger partial charge on any atom is 0.242 e. The molecule has 0 aliphatic heterocycles. The third-order valence-corrected chi connectivity index (χ3v) is 4.88. The van der Waals surface area contributed by atoms with Gasteiger partial charge in [-0.05, 0) is 24.6 Å². The van der Waals surface area contributed by atoms with E-state index in [0.29, 0.717) is 6.54 Å². The van der Waals surface area contributed by atoms with Crippen molar-refractivity contribution in [1.82, 2.24) is 4.31 Å². The summed E-state index contributed by atoms with van der Waals surface area (Å²) in [5, 5.41) is 8.58. The van der Waals surface area contributed by atoms with E-state index in [9.17, 15) is 12.8 Å². The lowest BCUT2D eigenvalue weighted by molar-refractivity contribution is 0.350. The highest BCUT2D eigenvalue weighted by atomic mass is 32.2. The van der Waals surface area contributed by atoms with Crippen molar-refractivity contribution in [3.63, 3.8) is 0 Å². The van der Waals surface area contributed by atoms with Crippen LogP contribution in [0.25, 0.3) is 0 Å². The van der Waals surface area contributed by atoms with Gasteiger partial charge in [0.05, 0.1) is 10.5 Å². The Bertz CT molecular complexity index is 632. The van der Waals surface area contributed by atoms with Crippen LogP contribution in [0.4, 0.5) is 4.39 Å². The number of unbranched alkanes of at least 4 members (excludes halogenated alkanes) is 2. The van der Waals surface area contributed by atoms with Crippen molar-refractivity contribution < 1.29 is 17.9 Å². The average Bonchev–Trinajstić information content (AvgIpc) is 2.46. The molecule has 0 aliphatic carbocycles. The van der Waals surface area contributed by atoms with Gasteiger partial charge in [0.15, 0.2) is 0 Å². The summed E-state index contributed by atoms with van der Waals surface area (Å²) in [5.74, 6) is 4.05. The van der Waals surface area contributed by atoms with Crippen LogP contribution in [0.1, 0.15) is 31.7 Å². The second kappa shape index (κ2) is 8.13. The molecule has 0 bridgehead atoms. The van der Waals surface area contributed by atoms with Gasteiger partial charge in [0.1, 0.15) is 12.4 Å². The molecule has 116 valence electrons. The molecule has 4 nitrogen and oxygen atoms in total. The van der Waals surface area contributed by atoms with Crippen molar-refractivity contribution in [2.24, 2.45) is 0 Å². The molecule has 0 heterocycles. The summed E-state index contributed by atoms with van der Waals surface area (Å²) in [7, 11) is -2.19. The molecule has 1 N–H and O–H groups in total. The fraction of sp³-hybridized carbons (Fsp3) is 0.467. The van der Waals surface area contributed by atoms with E-state index in [1.165, 1.54) is 23.5 Å². The number of hydrogen-bond donors (Lipinski definition) is 1. The highest BCUT2D eigenvalue weighted by Crippen LogP contribution is 2.18. The van der Waals surface area contributed by atoms with Crippen LogP contribution in [0, 0.1) is 17.7 Å². The van der Waals surface area contributed by atoms with Gasteiger partial charge in [-0.15, -0.1) is 0 Å². The maximum absolute atomic E-state index is 13.8. The summed E-state index contributed by atoms with van der Waals surface area (Å²) in [6, 6.07) is 3.61. The summed E-state index contributed by atoms with van der Waals surface area (Å²) >= 11 is 0. The van der Waals surface area contributed by atoms with Crippen LogP contribution in [-0.4, -0.2) is 38.0 Å². The minimum atomic E-state index is -3.68. The van der Waals surface area contributed by atoms with E-state index < -0.39 is 15.8 Å². The first-order valence-corrected chi connectivity index (χ1v) is 8.23. The molecular weight excluding hydrogens is 293 g/mol. The van der Waals surface area contributed by atoms with E-state index in [4.69, 9.17) is 5.11 Å². The fourth-order valence-corrected chi connectivity index (χ4v) is 3.00. The number of rotatable bonds is 6. The molecule has 0 amide bonds. The Morgan fingerprint density at radius 3 is 2.62 bits per heavy atom. The summed E-state index contributed by atoms with van der Waals surface area (Å²) in [6.07, 6.45) is 2.72. The third kappa shape index (κ3) is 4.81. The van der Waals surface area contributed by atoms with Crippen molar-refractivity contribution in [2.75, 3.05) is 20.2 Å². The van der Waals surface area contributed by atoms with Crippen LogP contribution >= 0.6 is 0 Å². The van der Waals surface area contributed by atoms with Gasteiger partial charge in [0.25, 0.3) is 0 Å². The van der Waals surface area contributed by atoms with Crippen LogP contribution in [0.15, 0.2) is 23.1 Å². The standard InChI is InChI=1S/C15H20FNO3S/c1-3-4-5-10-17(2)21(19,20)14-9-8-13(7-6-11-18)15(16)12-14/h8-9,12,18H,3-5,10-11H2,1-2H3. The second-order valence-corrected chi connectivity index (χ2v) is 6.68. The molecule has 0 saturated carbocycles. The Hall–Kier alpha value is -1.42. The van der Waals surface area contributed by atoms with Gasteiger partial charge in [0, 0.05) is 13.6 Å². The molecule has 0 saturated heterocycles. The first kappa shape index (κ1) is 17.6. The summed E-state index contributed by atoms with van der Waals surface area (Å²) in [5.41, 5.74) is 0.0663. The Morgan fingerprint density at radius 1 is 1.33 bits per heavy atom. The minimum Gasteiger partial charge on any atom is -0.384 e. The maximum atomic E-state index is 13.8. The number of hydrogen-bond acceptors (Lipinski definition) is 3. The summed E-state index contributed by atoms with van der Waals surface area (Å²) in [6.45, 7) is 2.07. The van der Waals surface area contributed by atoms with Gasteiger partial charge in [-0.1, -0.05) is 31.6 Å². The highest BCUT2D eigenvalue weighted by molar-refractivity contribution is 7.89. The average molecular weight is 313 g/mol. The Labute approximate surface area is 125 Å². The molecule has 0 unspecified atom stereocenters. The van der Waals surface area contributed by atoms with E-state index >= 15 is 0 Å². The quantitative estimate of drug-likeness (QED) is 0.645. The van der Waals surface area contributed by atoms with Crippen LogP contribution in [0.5, 0.6) is 0 Å². The van der Waals surface area contributed by atoms with E-state index in [1.54, 1.807) is 0 Å². The normalized spacial score (nSPS) is 11.3. The molecule has 0 aliphatic rings. The zero-order valence-electron chi connectivity index (χ0n) is 12.3. The van der Waals surface area contributed by atoms with Gasteiger partial charge in [-0.25, -0.2) is 17.1 Å². The number of sulfonamides is 1. The minimum absolute atomic E-state index is 0.0663. The van der Waals surface area contributed by atoms with Crippen molar-refractivity contribution in [3.05, 3.63) is 29.6 Å². The van der Waals surface area contributed by atoms with Crippen LogP contribution in [0.3, 0.4) is 0 Å². The predicted molar refractivity (Wildman–Crippen MR) is 79.7 cm³/mol. The van der Waals surface area contributed by atoms with E-state index in [1.807, 2.05) is 6.92 Å². The van der Waals surface area contributed by atoms with Crippen molar-refractivity contribution in [3.8, 4) is 11.8 Å². The van der Waals surface area contributed by atoms with Crippen molar-refractivity contribution >= 4 is 10.0 Å². The lowest BCUT2D eigenvalue weighted by Crippen LogP contribution is -2.28. The Kier molecular flexibility index (Phi) is 6.82. The van der Waals surface area contributed by atoms with Crippen LogP contribution in [-0.2, 0) is 10.0 Å². The number of nitrogens with zero attached hydrogens (tertiary/aromatic N) is 1. The molecule has 0 spiro atoms. The number of halogens is 1. The highest BCUT2D eigenvalue weighted by Gasteiger charge is 2.21. The zero-order chi connectivity index (χ0) is 15.9. The molecule has 21 heavy (non-hydrogen) atoms. The zero-order valence-corrected chi connectivity index (χ0v) is 13.1. The van der Waals surface area contributed by atoms with E-state index in [0.717, 1.165) is 25.3 Å². The number of aliphatic hydroxyl groups is 1. The summed E-state index contributed by atoms with van der Waals surface area (Å²) < 4.78 is 39.6. The molecule has 0 aromatic heterocycles. The van der Waals surface area contributed by atoms with Crippen molar-refractivity contribution in [2.45, 2.75) is 31.1 Å². The first-order chi connectivity index (χ1) is 9.93. The predicted octanol–water partition coefficient (Wildman–Crippen LogP) is 1.98. The monoisotopic (exact) mass is 313 g/mol. The topological polar surface area (TPSA) is 57.6 Å². The van der Waals surface area contributed by atoms with Gasteiger partial charge in [-0.3, -0.25) is 0 Å². The van der Waals surface area contributed by atoms with E-state index in [-0.39, 0.29) is 17.1 Å². The lowest BCUT2D eigenvalue weighted by Gasteiger charge is -2.17. The molecule has 6 heteroatoms. The fourth-order valence-electron chi connectivity index (χ4n) is 1.78. The van der Waals surface area contributed by atoms with Gasteiger partial charge < -0.3 is 5.11 Å². The van der Waals surface area contributed by atoms with Crippen LogP contribution < -0.4 is 0 Å². The molecule has 0 atom stereocenters. The molecule has 1 aromatic carbocycles. The number of aliphatic hydroxyl groups excluding tert-OH is 1. The van der Waals surface area contributed by atoms with Gasteiger partial charge >= 0.3 is 0 Å². The van der Waals surface area contributed by atoms with Crippen LogP contribution in [0.2, 0.25) is 0 Å². The smallest absolute Gasteiger partial charge is 0.242 e. The third-order valence-electron chi connectivity index (χ3n) is 3.03. The Morgan fingerprint density at radius 2 is 2.05 bits per heavy atom. The van der Waals surface area contributed by atoms with Gasteiger partial charge in [0.2, 0.25) is 10.0 Å². The lowest BCUT2D eigenvalue weighted by atomic mass is 10.2. The SMILES string of the molecule is CCCCCN(C)S(=O)(=O)c1ccc(C#CCO)c(F)c1. The first-order valence-electron chi connectivity index (χ1n) is 6.79. The molecular formula is C15H20FNO3S.